The number of benzene rings is 1. The molecule has 1 aromatic rings. The minimum atomic E-state index is 0.164. The Morgan fingerprint density at radius 1 is 1.41 bits per heavy atom. The molecular formula is C14H14N2O. The molecule has 0 saturated heterocycles. The molecule has 0 heterocycles. The lowest BCUT2D eigenvalue weighted by Crippen LogP contribution is -1.91. The van der Waals surface area contributed by atoms with Crippen LogP contribution in [0.25, 0.3) is 5.57 Å². The molecule has 0 unspecified atom stereocenters. The zero-order chi connectivity index (χ0) is 12.7. The summed E-state index contributed by atoms with van der Waals surface area (Å²) in [6.45, 7) is 9.90. The second kappa shape index (κ2) is 6.29. The number of allylic oxidation sites excluding steroid dienone is 2. The number of hydrogen-bond acceptors (Lipinski definition) is 3. The van der Waals surface area contributed by atoms with E-state index in [2.05, 4.69) is 18.2 Å². The summed E-state index contributed by atoms with van der Waals surface area (Å²) in [5, 5.41) is 8.50. The minimum Gasteiger partial charge on any atom is -0.494 e. The predicted molar refractivity (Wildman–Crippen MR) is 69.9 cm³/mol. The third kappa shape index (κ3) is 3.96. The van der Waals surface area contributed by atoms with Crippen LogP contribution in [0.4, 0.5) is 0 Å². The van der Waals surface area contributed by atoms with Gasteiger partial charge in [0.2, 0.25) is 0 Å². The highest BCUT2D eigenvalue weighted by atomic mass is 16.5. The highest BCUT2D eigenvalue weighted by molar-refractivity contribution is 6.09. The molecule has 0 aromatic heterocycles. The van der Waals surface area contributed by atoms with Crippen molar-refractivity contribution in [2.24, 2.45) is 4.99 Å². The van der Waals surface area contributed by atoms with Crippen molar-refractivity contribution in [2.45, 2.75) is 6.92 Å². The Morgan fingerprint density at radius 3 is 2.59 bits per heavy atom. The van der Waals surface area contributed by atoms with Crippen LogP contribution in [0.15, 0.2) is 48.1 Å². The molecule has 0 saturated carbocycles. The molecule has 0 aliphatic rings. The molecule has 3 nitrogen and oxygen atoms in total. The maximum absolute atomic E-state index is 8.50. The van der Waals surface area contributed by atoms with Gasteiger partial charge in [0.1, 0.15) is 17.5 Å². The first-order chi connectivity index (χ1) is 8.17. The first-order valence-electron chi connectivity index (χ1n) is 5.22. The van der Waals surface area contributed by atoms with E-state index in [1.807, 2.05) is 37.3 Å². The molecule has 3 heteroatoms. The van der Waals surface area contributed by atoms with Crippen LogP contribution in [0.1, 0.15) is 12.5 Å². The van der Waals surface area contributed by atoms with E-state index in [9.17, 15) is 0 Å². The van der Waals surface area contributed by atoms with Crippen molar-refractivity contribution in [3.8, 4) is 11.8 Å². The molecule has 1 aromatic carbocycles. The lowest BCUT2D eigenvalue weighted by Gasteiger charge is -2.04. The molecular weight excluding hydrogens is 212 g/mol. The van der Waals surface area contributed by atoms with Gasteiger partial charge in [0.25, 0.3) is 0 Å². The first kappa shape index (κ1) is 12.7. The Hall–Kier alpha value is -2.34. The molecule has 0 N–H and O–H groups in total. The van der Waals surface area contributed by atoms with Crippen molar-refractivity contribution in [1.82, 2.24) is 0 Å². The number of hydrogen-bond donors (Lipinski definition) is 0. The third-order valence-electron chi connectivity index (χ3n) is 2.04. The van der Waals surface area contributed by atoms with Crippen molar-refractivity contribution in [3.05, 3.63) is 48.7 Å². The van der Waals surface area contributed by atoms with Gasteiger partial charge in [0.15, 0.2) is 0 Å². The van der Waals surface area contributed by atoms with E-state index in [4.69, 9.17) is 10.00 Å². The highest BCUT2D eigenvalue weighted by Gasteiger charge is 1.97. The van der Waals surface area contributed by atoms with Gasteiger partial charge in [0, 0.05) is 6.21 Å². The lowest BCUT2D eigenvalue weighted by molar-refractivity contribution is 0.340. The van der Waals surface area contributed by atoms with Gasteiger partial charge < -0.3 is 4.74 Å². The Balaban J connectivity index is 2.74. The summed E-state index contributed by atoms with van der Waals surface area (Å²) < 4.78 is 5.34. The zero-order valence-corrected chi connectivity index (χ0v) is 9.81. The van der Waals surface area contributed by atoms with Crippen molar-refractivity contribution >= 4 is 11.8 Å². The van der Waals surface area contributed by atoms with Crippen molar-refractivity contribution < 1.29 is 4.74 Å². The Morgan fingerprint density at radius 2 is 2.06 bits per heavy atom. The SMILES string of the molecule is C=C(C#N)N=CC(=C)c1ccc(OCC)cc1. The van der Waals surface area contributed by atoms with Crippen LogP contribution in [0.5, 0.6) is 5.75 Å². The van der Waals surface area contributed by atoms with Gasteiger partial charge in [0.05, 0.1) is 6.61 Å². The zero-order valence-electron chi connectivity index (χ0n) is 9.81. The fourth-order valence-electron chi connectivity index (χ4n) is 1.19. The smallest absolute Gasteiger partial charge is 0.133 e. The third-order valence-corrected chi connectivity index (χ3v) is 2.04. The quantitative estimate of drug-likeness (QED) is 0.571. The molecule has 0 aliphatic carbocycles. The van der Waals surface area contributed by atoms with Crippen LogP contribution in [-0.4, -0.2) is 12.8 Å². The number of ether oxygens (including phenoxy) is 1. The summed E-state index contributed by atoms with van der Waals surface area (Å²) in [5.74, 6) is 0.822. The fraction of sp³-hybridized carbons (Fsp3) is 0.143. The van der Waals surface area contributed by atoms with Gasteiger partial charge in [-0.25, -0.2) is 4.99 Å². The molecule has 0 aliphatic heterocycles. The molecule has 0 spiro atoms. The first-order valence-corrected chi connectivity index (χ1v) is 5.22. The van der Waals surface area contributed by atoms with Crippen LogP contribution >= 0.6 is 0 Å². The lowest BCUT2D eigenvalue weighted by atomic mass is 10.1. The molecule has 0 radical (unpaired) electrons. The summed E-state index contributed by atoms with van der Waals surface area (Å²) in [4.78, 5) is 3.87. The summed E-state index contributed by atoms with van der Waals surface area (Å²) in [5.41, 5.74) is 1.82. The van der Waals surface area contributed by atoms with E-state index in [0.717, 1.165) is 16.9 Å². The summed E-state index contributed by atoms with van der Waals surface area (Å²) in [6, 6.07) is 9.38. The number of aliphatic imine (C=N–C) groups is 1. The predicted octanol–water partition coefficient (Wildman–Crippen LogP) is 3.21. The molecule has 17 heavy (non-hydrogen) atoms. The van der Waals surface area contributed by atoms with E-state index >= 15 is 0 Å². The number of rotatable bonds is 5. The van der Waals surface area contributed by atoms with Crippen LogP contribution < -0.4 is 4.74 Å². The average Bonchev–Trinajstić information content (AvgIpc) is 2.36. The van der Waals surface area contributed by atoms with E-state index in [1.54, 1.807) is 0 Å². The molecule has 1 rings (SSSR count). The van der Waals surface area contributed by atoms with Gasteiger partial charge in [-0.2, -0.15) is 5.26 Å². The average molecular weight is 226 g/mol. The Bertz CT molecular complexity index is 478. The van der Waals surface area contributed by atoms with E-state index in [-0.39, 0.29) is 5.70 Å². The second-order valence-corrected chi connectivity index (χ2v) is 3.30. The van der Waals surface area contributed by atoms with Gasteiger partial charge in [-0.1, -0.05) is 25.3 Å². The standard InChI is InChI=1S/C14H14N2O/c1-4-17-14-7-5-13(6-8-14)11(2)10-16-12(3)9-15/h5-8,10H,2-4H2,1H3. The maximum atomic E-state index is 8.50. The molecule has 86 valence electrons. The highest BCUT2D eigenvalue weighted by Crippen LogP contribution is 2.16. The topological polar surface area (TPSA) is 45.4 Å². The van der Waals surface area contributed by atoms with Crippen LogP contribution in [0, 0.1) is 11.3 Å². The molecule has 0 fully saturated rings. The van der Waals surface area contributed by atoms with Gasteiger partial charge in [-0.05, 0) is 30.2 Å². The molecule has 0 amide bonds. The van der Waals surface area contributed by atoms with Crippen LogP contribution in [0.3, 0.4) is 0 Å². The maximum Gasteiger partial charge on any atom is 0.133 e. The normalized spacial score (nSPS) is 9.88. The summed E-state index contributed by atoms with van der Waals surface area (Å²) >= 11 is 0. The molecule has 0 bridgehead atoms. The van der Waals surface area contributed by atoms with Gasteiger partial charge >= 0.3 is 0 Å². The summed E-state index contributed by atoms with van der Waals surface area (Å²) in [6.07, 6.45) is 1.53. The number of nitriles is 1. The van der Waals surface area contributed by atoms with E-state index in [0.29, 0.717) is 6.61 Å². The second-order valence-electron chi connectivity index (χ2n) is 3.30. The van der Waals surface area contributed by atoms with Gasteiger partial charge in [-0.15, -0.1) is 0 Å². The van der Waals surface area contributed by atoms with Crippen LogP contribution in [0.2, 0.25) is 0 Å². The van der Waals surface area contributed by atoms with Crippen molar-refractivity contribution in [2.75, 3.05) is 6.61 Å². The Labute approximate surface area is 101 Å². The summed E-state index contributed by atoms with van der Waals surface area (Å²) in [7, 11) is 0. The fourth-order valence-corrected chi connectivity index (χ4v) is 1.19. The van der Waals surface area contributed by atoms with Gasteiger partial charge in [-0.3, -0.25) is 0 Å². The Kier molecular flexibility index (Phi) is 4.71. The monoisotopic (exact) mass is 226 g/mol. The van der Waals surface area contributed by atoms with Crippen LogP contribution in [-0.2, 0) is 0 Å². The largest absolute Gasteiger partial charge is 0.494 e. The molecule has 0 atom stereocenters. The van der Waals surface area contributed by atoms with E-state index in [1.165, 1.54) is 6.21 Å². The van der Waals surface area contributed by atoms with Crippen molar-refractivity contribution in [1.29, 1.82) is 5.26 Å². The number of nitrogens with zero attached hydrogens (tertiary/aromatic N) is 2. The van der Waals surface area contributed by atoms with E-state index < -0.39 is 0 Å². The minimum absolute atomic E-state index is 0.164. The van der Waals surface area contributed by atoms with Crippen molar-refractivity contribution in [3.63, 3.8) is 0 Å².